The van der Waals surface area contributed by atoms with Crippen LogP contribution in [0.25, 0.3) is 0 Å². The summed E-state index contributed by atoms with van der Waals surface area (Å²) in [5.41, 5.74) is -0.329. The van der Waals surface area contributed by atoms with Gasteiger partial charge in [0.25, 0.3) is 0 Å². The van der Waals surface area contributed by atoms with E-state index in [1.54, 1.807) is 0 Å². The predicted octanol–water partition coefficient (Wildman–Crippen LogP) is 2.20. The molecular weight excluding hydrogens is 351 g/mol. The number of hydrogen-bond acceptors (Lipinski definition) is 4. The number of amides is 2. The summed E-state index contributed by atoms with van der Waals surface area (Å²) in [6.07, 6.45) is 0.882. The van der Waals surface area contributed by atoms with Gasteiger partial charge in [-0.25, -0.2) is 9.18 Å². The lowest BCUT2D eigenvalue weighted by atomic mass is 9.68. The highest BCUT2D eigenvalue weighted by atomic mass is 35.5. The van der Waals surface area contributed by atoms with Gasteiger partial charge < -0.3 is 19.7 Å². The third kappa shape index (κ3) is 3.13. The van der Waals surface area contributed by atoms with Crippen molar-refractivity contribution in [1.82, 2.24) is 10.2 Å². The van der Waals surface area contributed by atoms with Gasteiger partial charge >= 0.3 is 6.09 Å². The van der Waals surface area contributed by atoms with Crippen molar-refractivity contribution in [3.05, 3.63) is 29.0 Å². The van der Waals surface area contributed by atoms with Crippen molar-refractivity contribution in [3.8, 4) is 5.75 Å². The van der Waals surface area contributed by atoms with Crippen molar-refractivity contribution >= 4 is 23.6 Å². The number of cyclic esters (lactones) is 1. The molecule has 4 rings (SSSR count). The maximum Gasteiger partial charge on any atom is 0.407 e. The highest BCUT2D eigenvalue weighted by molar-refractivity contribution is 6.32. The van der Waals surface area contributed by atoms with E-state index in [2.05, 4.69) is 5.32 Å². The van der Waals surface area contributed by atoms with Gasteiger partial charge in [0.05, 0.1) is 17.2 Å². The Balaban J connectivity index is 1.20. The van der Waals surface area contributed by atoms with Gasteiger partial charge in [-0.1, -0.05) is 11.6 Å². The van der Waals surface area contributed by atoms with E-state index in [0.717, 1.165) is 0 Å². The summed E-state index contributed by atoms with van der Waals surface area (Å²) in [5.74, 6) is 0.373. The quantitative estimate of drug-likeness (QED) is 0.884. The van der Waals surface area contributed by atoms with Crippen LogP contribution in [0.15, 0.2) is 18.2 Å². The largest absolute Gasteiger partial charge is 0.492 e. The Kier molecular flexibility index (Phi) is 3.98. The van der Waals surface area contributed by atoms with Gasteiger partial charge in [-0.15, -0.1) is 0 Å². The Bertz CT molecular complexity index is 717. The number of rotatable bonds is 4. The minimum Gasteiger partial charge on any atom is -0.492 e. The maximum atomic E-state index is 13.0. The number of hydrogen-bond donors (Lipinski definition) is 1. The van der Waals surface area contributed by atoms with Crippen LogP contribution < -0.4 is 10.1 Å². The molecule has 3 aliphatic rings. The molecule has 2 amide bonds. The number of nitrogens with one attached hydrogen (secondary N) is 1. The molecule has 8 heteroatoms. The van der Waals surface area contributed by atoms with E-state index in [0.29, 0.717) is 44.9 Å². The first-order valence-corrected chi connectivity index (χ1v) is 8.63. The average Bonchev–Trinajstić information content (AvgIpc) is 2.88. The van der Waals surface area contributed by atoms with Crippen LogP contribution >= 0.6 is 11.6 Å². The maximum absolute atomic E-state index is 13.0. The van der Waals surface area contributed by atoms with E-state index in [1.807, 2.05) is 4.90 Å². The first-order chi connectivity index (χ1) is 11.9. The van der Waals surface area contributed by atoms with Crippen LogP contribution in [0.3, 0.4) is 0 Å². The molecule has 1 spiro atoms. The number of benzene rings is 1. The number of likely N-dealkylation sites (tertiary alicyclic amines) is 1. The van der Waals surface area contributed by atoms with Crippen LogP contribution in [-0.2, 0) is 9.53 Å². The fraction of sp³-hybridized carbons (Fsp3) is 0.529. The molecule has 2 aliphatic heterocycles. The molecular formula is C17H18ClFN2O4. The molecule has 0 radical (unpaired) electrons. The SMILES string of the molecule is O=C1N[C@]2(CO1)C[C@H](C(=O)N1CC(COc3ccc(F)cc3Cl)C1)C2. The normalized spacial score (nSPS) is 28.2. The number of alkyl carbamates (subject to hydrolysis) is 1. The van der Waals surface area contributed by atoms with E-state index in [9.17, 15) is 14.0 Å². The molecule has 0 atom stereocenters. The smallest absolute Gasteiger partial charge is 0.407 e. The second-order valence-corrected chi connectivity index (χ2v) is 7.49. The molecule has 1 N–H and O–H groups in total. The van der Waals surface area contributed by atoms with Gasteiger partial charge in [-0.3, -0.25) is 4.79 Å². The molecule has 1 aliphatic carbocycles. The van der Waals surface area contributed by atoms with Gasteiger partial charge in [-0.2, -0.15) is 0 Å². The fourth-order valence-electron chi connectivity index (χ4n) is 3.68. The lowest BCUT2D eigenvalue weighted by molar-refractivity contribution is -0.148. The minimum atomic E-state index is -0.403. The molecule has 3 fully saturated rings. The zero-order valence-corrected chi connectivity index (χ0v) is 14.2. The summed E-state index contributed by atoms with van der Waals surface area (Å²) in [6, 6.07) is 4.02. The molecule has 0 bridgehead atoms. The van der Waals surface area contributed by atoms with Crippen LogP contribution in [0.4, 0.5) is 9.18 Å². The molecule has 1 aromatic rings. The third-order valence-electron chi connectivity index (χ3n) is 5.11. The average molecular weight is 369 g/mol. The summed E-state index contributed by atoms with van der Waals surface area (Å²) in [5, 5.41) is 3.04. The summed E-state index contributed by atoms with van der Waals surface area (Å²) in [7, 11) is 0. The van der Waals surface area contributed by atoms with Crippen LogP contribution in [0.1, 0.15) is 12.8 Å². The predicted molar refractivity (Wildman–Crippen MR) is 86.9 cm³/mol. The van der Waals surface area contributed by atoms with E-state index < -0.39 is 11.9 Å². The fourth-order valence-corrected chi connectivity index (χ4v) is 3.91. The Hall–Kier alpha value is -2.02. The van der Waals surface area contributed by atoms with E-state index in [1.165, 1.54) is 18.2 Å². The van der Waals surface area contributed by atoms with Crippen molar-refractivity contribution in [2.24, 2.45) is 11.8 Å². The first kappa shape index (κ1) is 16.4. The highest BCUT2D eigenvalue weighted by Crippen LogP contribution is 2.42. The van der Waals surface area contributed by atoms with Crippen LogP contribution in [-0.4, -0.2) is 48.7 Å². The Morgan fingerprint density at radius 1 is 1.44 bits per heavy atom. The van der Waals surface area contributed by atoms with Crippen molar-refractivity contribution < 1.29 is 23.5 Å². The molecule has 0 unspecified atom stereocenters. The third-order valence-corrected chi connectivity index (χ3v) is 5.40. The van der Waals surface area contributed by atoms with E-state index >= 15 is 0 Å². The van der Waals surface area contributed by atoms with Crippen molar-refractivity contribution in [3.63, 3.8) is 0 Å². The number of carbonyl (C=O) groups is 2. The minimum absolute atomic E-state index is 0.0459. The van der Waals surface area contributed by atoms with E-state index in [-0.39, 0.29) is 28.3 Å². The van der Waals surface area contributed by atoms with Gasteiger partial charge in [0, 0.05) is 24.9 Å². The Morgan fingerprint density at radius 2 is 2.20 bits per heavy atom. The molecule has 1 saturated carbocycles. The van der Waals surface area contributed by atoms with Gasteiger partial charge in [0.1, 0.15) is 18.2 Å². The van der Waals surface area contributed by atoms with Crippen molar-refractivity contribution in [1.29, 1.82) is 0 Å². The standard InChI is InChI=1S/C17H18ClFN2O4/c18-13-3-12(19)1-2-14(13)24-8-10-6-21(7-10)15(22)11-4-17(5-11)9-25-16(23)20-17/h1-3,10-11H,4-9H2,(H,20,23)/t11-,17+. The van der Waals surface area contributed by atoms with Crippen molar-refractivity contribution in [2.45, 2.75) is 18.4 Å². The number of ether oxygens (including phenoxy) is 2. The Morgan fingerprint density at radius 3 is 2.84 bits per heavy atom. The number of nitrogens with zero attached hydrogens (tertiary/aromatic N) is 1. The molecule has 0 aromatic heterocycles. The molecule has 2 heterocycles. The highest BCUT2D eigenvalue weighted by Gasteiger charge is 2.54. The summed E-state index contributed by atoms with van der Waals surface area (Å²) in [4.78, 5) is 25.4. The van der Waals surface area contributed by atoms with Gasteiger partial charge in [0.2, 0.25) is 5.91 Å². The van der Waals surface area contributed by atoms with Crippen LogP contribution in [0.5, 0.6) is 5.75 Å². The van der Waals surface area contributed by atoms with Crippen LogP contribution in [0, 0.1) is 17.7 Å². The van der Waals surface area contributed by atoms with Gasteiger partial charge in [-0.05, 0) is 31.0 Å². The monoisotopic (exact) mass is 368 g/mol. The lowest BCUT2D eigenvalue weighted by Gasteiger charge is -2.47. The lowest BCUT2D eigenvalue weighted by Crippen LogP contribution is -2.61. The van der Waals surface area contributed by atoms with E-state index in [4.69, 9.17) is 21.1 Å². The molecule has 1 aromatic carbocycles. The van der Waals surface area contributed by atoms with Crippen molar-refractivity contribution in [2.75, 3.05) is 26.3 Å². The number of carbonyl (C=O) groups excluding carboxylic acids is 2. The summed E-state index contributed by atoms with van der Waals surface area (Å²) in [6.45, 7) is 2.08. The molecule has 134 valence electrons. The molecule has 25 heavy (non-hydrogen) atoms. The number of halogens is 2. The molecule has 2 saturated heterocycles. The Labute approximate surface area is 149 Å². The van der Waals surface area contributed by atoms with Crippen LogP contribution in [0.2, 0.25) is 5.02 Å². The zero-order chi connectivity index (χ0) is 17.6. The first-order valence-electron chi connectivity index (χ1n) is 8.26. The molecule has 6 nitrogen and oxygen atoms in total. The zero-order valence-electron chi connectivity index (χ0n) is 13.5. The second-order valence-electron chi connectivity index (χ2n) is 7.08. The summed E-state index contributed by atoms with van der Waals surface area (Å²) < 4.78 is 23.5. The topological polar surface area (TPSA) is 67.9 Å². The second kappa shape index (κ2) is 6.05. The van der Waals surface area contributed by atoms with Gasteiger partial charge in [0.15, 0.2) is 0 Å². The summed E-state index contributed by atoms with van der Waals surface area (Å²) >= 11 is 5.92.